The summed E-state index contributed by atoms with van der Waals surface area (Å²) in [6, 6.07) is 11.2. The number of nitrogens with one attached hydrogen (secondary N) is 1. The summed E-state index contributed by atoms with van der Waals surface area (Å²) in [5.41, 5.74) is 1.62. The molecule has 134 valence electrons. The molecular weight excluding hydrogens is 450 g/mol. The number of hydrogen-bond donors (Lipinski definition) is 1. The van der Waals surface area contributed by atoms with Gasteiger partial charge in [0.05, 0.1) is 10.6 Å². The number of carbonyl (C=O) groups is 1. The molecule has 0 heterocycles. The lowest BCUT2D eigenvalue weighted by Gasteiger charge is -2.14. The fourth-order valence-electron chi connectivity index (χ4n) is 2.17. The highest BCUT2D eigenvalue weighted by atomic mass is 79.9. The van der Waals surface area contributed by atoms with Gasteiger partial charge in [-0.1, -0.05) is 28.9 Å². The van der Waals surface area contributed by atoms with E-state index in [2.05, 4.69) is 44.1 Å². The highest BCUT2D eigenvalue weighted by Crippen LogP contribution is 2.32. The molecule has 0 fully saturated rings. The lowest BCUT2D eigenvalue weighted by molar-refractivity contribution is -0.118. The van der Waals surface area contributed by atoms with Crippen LogP contribution in [0.15, 0.2) is 45.3 Å². The Morgan fingerprint density at radius 1 is 1.24 bits per heavy atom. The Labute approximate surface area is 165 Å². The van der Waals surface area contributed by atoms with E-state index >= 15 is 0 Å². The van der Waals surface area contributed by atoms with Gasteiger partial charge in [-0.25, -0.2) is 0 Å². The summed E-state index contributed by atoms with van der Waals surface area (Å²) in [6.45, 7) is 5.93. The van der Waals surface area contributed by atoms with Crippen molar-refractivity contribution in [2.45, 2.75) is 33.3 Å². The summed E-state index contributed by atoms with van der Waals surface area (Å²) in [5, 5.41) is 2.83. The van der Waals surface area contributed by atoms with Crippen molar-refractivity contribution in [2.24, 2.45) is 0 Å². The van der Waals surface area contributed by atoms with Crippen molar-refractivity contribution in [1.82, 2.24) is 0 Å². The molecule has 25 heavy (non-hydrogen) atoms. The molecule has 0 aliphatic rings. The third-order valence-corrected chi connectivity index (χ3v) is 4.62. The van der Waals surface area contributed by atoms with Crippen molar-refractivity contribution >= 4 is 43.5 Å². The van der Waals surface area contributed by atoms with Gasteiger partial charge in [0.25, 0.3) is 5.91 Å². The standard InChI is InChI=1S/C19H21Br2NO3/c1-4-13(3)25-16-7-5-6-15(10-16)22-18(23)11-24-19-12(2)8-14(20)9-17(19)21/h5-10,13H,4,11H2,1-3H3,(H,22,23). The fraction of sp³-hybridized carbons (Fsp3) is 0.316. The van der Waals surface area contributed by atoms with Crippen molar-refractivity contribution in [3.8, 4) is 11.5 Å². The molecule has 2 rings (SSSR count). The summed E-state index contributed by atoms with van der Waals surface area (Å²) >= 11 is 6.87. The number of halogens is 2. The van der Waals surface area contributed by atoms with Crippen molar-refractivity contribution in [3.63, 3.8) is 0 Å². The van der Waals surface area contributed by atoms with Crippen LogP contribution in [-0.2, 0) is 4.79 Å². The van der Waals surface area contributed by atoms with Crippen molar-refractivity contribution < 1.29 is 14.3 Å². The number of hydrogen-bond acceptors (Lipinski definition) is 3. The number of ether oxygens (including phenoxy) is 2. The van der Waals surface area contributed by atoms with E-state index in [1.807, 2.05) is 50.2 Å². The van der Waals surface area contributed by atoms with Gasteiger partial charge in [0, 0.05) is 16.2 Å². The quantitative estimate of drug-likeness (QED) is 0.563. The van der Waals surface area contributed by atoms with Crippen LogP contribution in [0.4, 0.5) is 5.69 Å². The summed E-state index contributed by atoms with van der Waals surface area (Å²) in [7, 11) is 0. The smallest absolute Gasteiger partial charge is 0.262 e. The molecule has 1 amide bonds. The van der Waals surface area contributed by atoms with Gasteiger partial charge in [0.2, 0.25) is 0 Å². The second-order valence-corrected chi connectivity index (χ2v) is 7.51. The molecule has 1 unspecified atom stereocenters. The molecule has 0 aliphatic heterocycles. The molecule has 6 heteroatoms. The Morgan fingerprint density at radius 2 is 2.00 bits per heavy atom. The number of anilines is 1. The van der Waals surface area contributed by atoms with E-state index in [4.69, 9.17) is 9.47 Å². The first kappa shape index (κ1) is 19.8. The van der Waals surface area contributed by atoms with Gasteiger partial charge in [-0.05, 0) is 66.0 Å². The van der Waals surface area contributed by atoms with Crippen molar-refractivity contribution in [3.05, 3.63) is 50.9 Å². The van der Waals surface area contributed by atoms with E-state index in [-0.39, 0.29) is 18.6 Å². The van der Waals surface area contributed by atoms with E-state index in [0.29, 0.717) is 11.4 Å². The monoisotopic (exact) mass is 469 g/mol. The number of benzene rings is 2. The lowest BCUT2D eigenvalue weighted by Crippen LogP contribution is -2.20. The average Bonchev–Trinajstić information content (AvgIpc) is 2.54. The molecule has 0 radical (unpaired) electrons. The van der Waals surface area contributed by atoms with E-state index in [9.17, 15) is 4.79 Å². The maximum Gasteiger partial charge on any atom is 0.262 e. The summed E-state index contributed by atoms with van der Waals surface area (Å²) < 4.78 is 13.2. The SMILES string of the molecule is CCC(C)Oc1cccc(NC(=O)COc2c(C)cc(Br)cc2Br)c1. The van der Waals surface area contributed by atoms with E-state index in [1.54, 1.807) is 0 Å². The van der Waals surface area contributed by atoms with Gasteiger partial charge >= 0.3 is 0 Å². The minimum absolute atomic E-state index is 0.0719. The first-order valence-corrected chi connectivity index (χ1v) is 9.62. The maximum absolute atomic E-state index is 12.2. The van der Waals surface area contributed by atoms with Gasteiger partial charge in [-0.3, -0.25) is 4.79 Å². The van der Waals surface area contributed by atoms with Crippen molar-refractivity contribution in [2.75, 3.05) is 11.9 Å². The van der Waals surface area contributed by atoms with Crippen LogP contribution in [0, 0.1) is 6.92 Å². The number of carbonyl (C=O) groups excluding carboxylic acids is 1. The van der Waals surface area contributed by atoms with Crippen LogP contribution in [0.5, 0.6) is 11.5 Å². The van der Waals surface area contributed by atoms with Crippen LogP contribution >= 0.6 is 31.9 Å². The van der Waals surface area contributed by atoms with Gasteiger partial charge in [0.15, 0.2) is 6.61 Å². The zero-order valence-corrected chi connectivity index (χ0v) is 17.6. The van der Waals surface area contributed by atoms with Gasteiger partial charge in [-0.2, -0.15) is 0 Å². The third-order valence-electron chi connectivity index (χ3n) is 3.57. The molecule has 0 saturated heterocycles. The lowest BCUT2D eigenvalue weighted by atomic mass is 10.2. The summed E-state index contributed by atoms with van der Waals surface area (Å²) in [4.78, 5) is 12.2. The molecule has 0 bridgehead atoms. The number of rotatable bonds is 7. The fourth-order valence-corrected chi connectivity index (χ4v) is 3.72. The molecule has 1 atom stereocenters. The third kappa shape index (κ3) is 6.04. The first-order valence-electron chi connectivity index (χ1n) is 8.04. The summed E-state index contributed by atoms with van der Waals surface area (Å²) in [6.07, 6.45) is 1.05. The van der Waals surface area contributed by atoms with Crippen LogP contribution in [0.3, 0.4) is 0 Å². The van der Waals surface area contributed by atoms with Crippen molar-refractivity contribution in [1.29, 1.82) is 0 Å². The minimum atomic E-state index is -0.227. The van der Waals surface area contributed by atoms with Crippen LogP contribution < -0.4 is 14.8 Å². The topological polar surface area (TPSA) is 47.6 Å². The molecule has 2 aromatic rings. The highest BCUT2D eigenvalue weighted by Gasteiger charge is 2.10. The molecule has 0 aliphatic carbocycles. The Morgan fingerprint density at radius 3 is 2.68 bits per heavy atom. The van der Waals surface area contributed by atoms with E-state index in [0.717, 1.165) is 26.7 Å². The Balaban J connectivity index is 1.96. The Kier molecular flexibility index (Phi) is 7.32. The van der Waals surface area contributed by atoms with Gasteiger partial charge in [0.1, 0.15) is 11.5 Å². The van der Waals surface area contributed by atoms with Crippen LogP contribution in [-0.4, -0.2) is 18.6 Å². The zero-order valence-electron chi connectivity index (χ0n) is 14.4. The number of amides is 1. The second-order valence-electron chi connectivity index (χ2n) is 5.74. The van der Waals surface area contributed by atoms with Gasteiger partial charge < -0.3 is 14.8 Å². The first-order chi connectivity index (χ1) is 11.9. The van der Waals surface area contributed by atoms with E-state index < -0.39 is 0 Å². The predicted octanol–water partition coefficient (Wildman–Crippen LogP) is 5.71. The number of aryl methyl sites for hydroxylation is 1. The minimum Gasteiger partial charge on any atom is -0.491 e. The largest absolute Gasteiger partial charge is 0.491 e. The van der Waals surface area contributed by atoms with Crippen LogP contribution in [0.2, 0.25) is 0 Å². The maximum atomic E-state index is 12.2. The normalized spacial score (nSPS) is 11.7. The Hall–Kier alpha value is -1.53. The van der Waals surface area contributed by atoms with Gasteiger partial charge in [-0.15, -0.1) is 0 Å². The van der Waals surface area contributed by atoms with E-state index in [1.165, 1.54) is 0 Å². The molecule has 0 spiro atoms. The molecule has 0 aromatic heterocycles. The second kappa shape index (κ2) is 9.25. The molecule has 1 N–H and O–H groups in total. The zero-order chi connectivity index (χ0) is 18.4. The van der Waals surface area contributed by atoms with Crippen LogP contribution in [0.1, 0.15) is 25.8 Å². The molecular formula is C19H21Br2NO3. The molecule has 4 nitrogen and oxygen atoms in total. The summed E-state index contributed by atoms with van der Waals surface area (Å²) in [5.74, 6) is 1.17. The Bertz CT molecular complexity index is 726. The average molecular weight is 471 g/mol. The molecule has 2 aromatic carbocycles. The highest BCUT2D eigenvalue weighted by molar-refractivity contribution is 9.11. The molecule has 0 saturated carbocycles. The predicted molar refractivity (Wildman–Crippen MR) is 108 cm³/mol. The van der Waals surface area contributed by atoms with Crippen LogP contribution in [0.25, 0.3) is 0 Å².